The fourth-order valence-corrected chi connectivity index (χ4v) is 2.29. The zero-order valence-electron chi connectivity index (χ0n) is 9.55. The van der Waals surface area contributed by atoms with Crippen LogP contribution in [0.5, 0.6) is 0 Å². The predicted molar refractivity (Wildman–Crippen MR) is 75.6 cm³/mol. The van der Waals surface area contributed by atoms with Gasteiger partial charge in [0.15, 0.2) is 0 Å². The Bertz CT molecular complexity index is 700. The summed E-state index contributed by atoms with van der Waals surface area (Å²) in [6.07, 6.45) is 2.70. The lowest BCUT2D eigenvalue weighted by Gasteiger charge is -2.08. The van der Waals surface area contributed by atoms with Crippen LogP contribution in [-0.2, 0) is 6.54 Å². The molecule has 1 heterocycles. The van der Waals surface area contributed by atoms with Crippen molar-refractivity contribution in [3.8, 4) is 0 Å². The van der Waals surface area contributed by atoms with Gasteiger partial charge in [-0.2, -0.15) is 0 Å². The maximum Gasteiger partial charge on any atom is 0.333 e. The first-order valence-corrected chi connectivity index (χ1v) is 6.43. The van der Waals surface area contributed by atoms with E-state index in [4.69, 9.17) is 11.6 Å². The number of nitro groups is 1. The second kappa shape index (κ2) is 5.54. The summed E-state index contributed by atoms with van der Waals surface area (Å²) < 4.78 is 1.69. The molecular weight excluding hydrogens is 336 g/mol. The van der Waals surface area contributed by atoms with Crippen LogP contribution in [0.4, 0.5) is 5.69 Å². The van der Waals surface area contributed by atoms with Crippen LogP contribution in [0.3, 0.4) is 0 Å². The molecule has 0 saturated heterocycles. The number of pyridine rings is 1. The summed E-state index contributed by atoms with van der Waals surface area (Å²) in [6.45, 7) is 0.347. The first-order chi connectivity index (χ1) is 8.99. The van der Waals surface area contributed by atoms with E-state index in [2.05, 4.69) is 15.9 Å². The van der Waals surface area contributed by atoms with Gasteiger partial charge in [-0.1, -0.05) is 29.8 Å². The van der Waals surface area contributed by atoms with Crippen molar-refractivity contribution < 1.29 is 4.92 Å². The van der Waals surface area contributed by atoms with Gasteiger partial charge < -0.3 is 4.57 Å². The highest BCUT2D eigenvalue weighted by Crippen LogP contribution is 2.18. The molecule has 0 aliphatic heterocycles. The molecule has 98 valence electrons. The monoisotopic (exact) mass is 342 g/mol. The average molecular weight is 344 g/mol. The lowest BCUT2D eigenvalue weighted by molar-refractivity contribution is -0.386. The number of aromatic nitrogens is 1. The van der Waals surface area contributed by atoms with Crippen molar-refractivity contribution in [2.75, 3.05) is 0 Å². The van der Waals surface area contributed by atoms with Gasteiger partial charge in [0.25, 0.3) is 5.43 Å². The fourth-order valence-electron chi connectivity index (χ4n) is 1.62. The van der Waals surface area contributed by atoms with Crippen molar-refractivity contribution in [1.82, 2.24) is 4.57 Å². The summed E-state index contributed by atoms with van der Waals surface area (Å²) in [5.74, 6) is 0. The van der Waals surface area contributed by atoms with E-state index in [-0.39, 0.29) is 4.47 Å². The van der Waals surface area contributed by atoms with Crippen LogP contribution >= 0.6 is 27.5 Å². The Balaban J connectivity index is 2.45. The molecule has 2 aromatic rings. The normalized spacial score (nSPS) is 10.4. The highest BCUT2D eigenvalue weighted by atomic mass is 79.9. The van der Waals surface area contributed by atoms with Gasteiger partial charge in [-0.25, -0.2) is 0 Å². The minimum atomic E-state index is -0.698. The molecule has 0 amide bonds. The summed E-state index contributed by atoms with van der Waals surface area (Å²) in [4.78, 5) is 21.6. The maximum absolute atomic E-state index is 11.6. The Morgan fingerprint density at radius 1 is 1.32 bits per heavy atom. The van der Waals surface area contributed by atoms with Crippen LogP contribution < -0.4 is 5.43 Å². The molecule has 0 spiro atoms. The summed E-state index contributed by atoms with van der Waals surface area (Å²) >= 11 is 9.05. The van der Waals surface area contributed by atoms with Crippen LogP contribution in [0.25, 0.3) is 0 Å². The van der Waals surface area contributed by atoms with Gasteiger partial charge in [0.1, 0.15) is 0 Å². The second-order valence-electron chi connectivity index (χ2n) is 3.84. The lowest BCUT2D eigenvalue weighted by atomic mass is 10.2. The van der Waals surface area contributed by atoms with Crippen LogP contribution in [-0.4, -0.2) is 9.49 Å². The molecule has 0 fully saturated rings. The minimum Gasteiger partial charge on any atom is -0.342 e. The lowest BCUT2D eigenvalue weighted by Crippen LogP contribution is -2.13. The first-order valence-electron chi connectivity index (χ1n) is 5.26. The highest BCUT2D eigenvalue weighted by Gasteiger charge is 2.16. The molecule has 0 aliphatic rings. The molecule has 0 bridgehead atoms. The number of nitrogens with zero attached hydrogens (tertiary/aromatic N) is 2. The van der Waals surface area contributed by atoms with Crippen LogP contribution in [0.1, 0.15) is 5.56 Å². The van der Waals surface area contributed by atoms with Crippen molar-refractivity contribution in [1.29, 1.82) is 0 Å². The number of hydrogen-bond donors (Lipinski definition) is 0. The van der Waals surface area contributed by atoms with E-state index in [0.29, 0.717) is 11.6 Å². The third kappa shape index (κ3) is 3.02. The zero-order chi connectivity index (χ0) is 14.0. The second-order valence-corrected chi connectivity index (χ2v) is 5.10. The van der Waals surface area contributed by atoms with Gasteiger partial charge in [-0.3, -0.25) is 14.9 Å². The summed E-state index contributed by atoms with van der Waals surface area (Å²) in [5, 5.41) is 11.4. The molecule has 1 aromatic heterocycles. The van der Waals surface area contributed by atoms with Crippen LogP contribution in [0.15, 0.2) is 45.9 Å². The molecule has 19 heavy (non-hydrogen) atoms. The number of rotatable bonds is 3. The van der Waals surface area contributed by atoms with Crippen LogP contribution in [0.2, 0.25) is 5.02 Å². The first kappa shape index (κ1) is 13.8. The molecule has 0 unspecified atom stereocenters. The molecule has 0 atom stereocenters. The SMILES string of the molecule is O=c1c(Br)cn(Cc2ccccc2Cl)cc1[N+](=O)[O-]. The maximum atomic E-state index is 11.6. The Labute approximate surface area is 121 Å². The molecule has 0 saturated carbocycles. The molecule has 1 aromatic carbocycles. The van der Waals surface area contributed by atoms with Crippen LogP contribution in [0, 0.1) is 10.1 Å². The Kier molecular flexibility index (Phi) is 4.01. The van der Waals surface area contributed by atoms with E-state index in [9.17, 15) is 14.9 Å². The van der Waals surface area contributed by atoms with Gasteiger partial charge in [0.2, 0.25) is 0 Å². The average Bonchev–Trinajstić information content (AvgIpc) is 2.36. The molecule has 0 N–H and O–H groups in total. The van der Waals surface area contributed by atoms with Crippen molar-refractivity contribution >= 4 is 33.2 Å². The van der Waals surface area contributed by atoms with E-state index in [0.717, 1.165) is 5.56 Å². The summed E-state index contributed by atoms with van der Waals surface area (Å²) in [6, 6.07) is 7.19. The third-order valence-corrected chi connectivity index (χ3v) is 3.46. The number of hydrogen-bond acceptors (Lipinski definition) is 3. The summed E-state index contributed by atoms with van der Waals surface area (Å²) in [7, 11) is 0. The zero-order valence-corrected chi connectivity index (χ0v) is 11.9. The molecule has 7 heteroatoms. The highest BCUT2D eigenvalue weighted by molar-refractivity contribution is 9.10. The summed E-state index contributed by atoms with van der Waals surface area (Å²) in [5.41, 5.74) is -0.296. The molecular formula is C12H8BrClN2O3. The Hall–Kier alpha value is -1.66. The third-order valence-electron chi connectivity index (χ3n) is 2.52. The van der Waals surface area contributed by atoms with Gasteiger partial charge in [0, 0.05) is 17.8 Å². The topological polar surface area (TPSA) is 65.1 Å². The van der Waals surface area contributed by atoms with Crippen molar-refractivity contribution in [2.45, 2.75) is 6.54 Å². The van der Waals surface area contributed by atoms with E-state index in [1.807, 2.05) is 12.1 Å². The van der Waals surface area contributed by atoms with Gasteiger partial charge in [0.05, 0.1) is 15.6 Å². The van der Waals surface area contributed by atoms with E-state index < -0.39 is 16.0 Å². The van der Waals surface area contributed by atoms with Gasteiger partial charge in [-0.05, 0) is 27.6 Å². The van der Waals surface area contributed by atoms with Crippen molar-refractivity contribution in [3.63, 3.8) is 0 Å². The number of halogens is 2. The molecule has 0 aliphatic carbocycles. The quantitative estimate of drug-likeness (QED) is 0.635. The predicted octanol–water partition coefficient (Wildman–Crippen LogP) is 3.22. The van der Waals surface area contributed by atoms with E-state index in [1.54, 1.807) is 16.7 Å². The fraction of sp³-hybridized carbons (Fsp3) is 0.0833. The minimum absolute atomic E-state index is 0.147. The Morgan fingerprint density at radius 2 is 2.00 bits per heavy atom. The van der Waals surface area contributed by atoms with Gasteiger partial charge >= 0.3 is 5.69 Å². The van der Waals surface area contributed by atoms with Gasteiger partial charge in [-0.15, -0.1) is 0 Å². The van der Waals surface area contributed by atoms with Crippen molar-refractivity contribution in [3.05, 3.63) is 72.1 Å². The van der Waals surface area contributed by atoms with Crippen molar-refractivity contribution in [2.24, 2.45) is 0 Å². The molecule has 0 radical (unpaired) electrons. The standard InChI is InChI=1S/C12H8BrClN2O3/c13-9-6-15(7-11(12(9)17)16(18)19)5-8-3-1-2-4-10(8)14/h1-4,6-7H,5H2. The Morgan fingerprint density at radius 3 is 2.63 bits per heavy atom. The van der Waals surface area contributed by atoms with E-state index in [1.165, 1.54) is 12.4 Å². The largest absolute Gasteiger partial charge is 0.342 e. The smallest absolute Gasteiger partial charge is 0.333 e. The molecule has 5 nitrogen and oxygen atoms in total. The molecule has 2 rings (SSSR count). The van der Waals surface area contributed by atoms with E-state index >= 15 is 0 Å². The number of benzene rings is 1.